The number of aliphatic imine (C=N–C) groups is 1. The van der Waals surface area contributed by atoms with Gasteiger partial charge in [-0.15, -0.1) is 0 Å². The topological polar surface area (TPSA) is 79.4 Å². The van der Waals surface area contributed by atoms with Crippen molar-refractivity contribution in [2.75, 3.05) is 29.0 Å². The molecule has 3 N–H and O–H groups in total. The lowest BCUT2D eigenvalue weighted by Crippen LogP contribution is -2.30. The predicted octanol–water partition coefficient (Wildman–Crippen LogP) is 5.78. The number of rotatable bonds is 6. The highest BCUT2D eigenvalue weighted by Gasteiger charge is 2.26. The molecule has 2 aliphatic rings. The van der Waals surface area contributed by atoms with Crippen LogP contribution in [0.4, 0.5) is 22.9 Å². The summed E-state index contributed by atoms with van der Waals surface area (Å²) in [4.78, 5) is 16.3. The lowest BCUT2D eigenvalue weighted by Gasteiger charge is -2.33. The average molecular weight is 435 g/mol. The number of aromatic nitrogens is 2. The molecule has 0 atom stereocenters. The minimum Gasteiger partial charge on any atom is -0.397 e. The molecule has 0 amide bonds. The van der Waals surface area contributed by atoms with Crippen molar-refractivity contribution in [3.05, 3.63) is 35.3 Å². The van der Waals surface area contributed by atoms with E-state index in [4.69, 9.17) is 5.73 Å². The first-order valence-corrected chi connectivity index (χ1v) is 12.4. The highest BCUT2D eigenvalue weighted by Crippen LogP contribution is 2.43. The second-order valence-corrected chi connectivity index (χ2v) is 9.25. The zero-order valence-electron chi connectivity index (χ0n) is 19.9. The van der Waals surface area contributed by atoms with E-state index in [1.807, 2.05) is 20.1 Å². The molecule has 0 spiro atoms. The molecule has 4 rings (SSSR count). The Bertz CT molecular complexity index is 940. The van der Waals surface area contributed by atoms with Crippen LogP contribution in [0, 0.1) is 6.92 Å². The summed E-state index contributed by atoms with van der Waals surface area (Å²) in [6.45, 7) is 8.33. The number of nitrogens with two attached hydrogens (primary N) is 1. The van der Waals surface area contributed by atoms with Gasteiger partial charge >= 0.3 is 0 Å². The van der Waals surface area contributed by atoms with Crippen LogP contribution < -0.4 is 16.0 Å². The molecule has 1 saturated heterocycles. The molecule has 0 bridgehead atoms. The Hall–Kier alpha value is -2.63. The number of benzene rings is 1. The van der Waals surface area contributed by atoms with E-state index in [9.17, 15) is 0 Å². The van der Waals surface area contributed by atoms with Crippen LogP contribution in [0.15, 0.2) is 23.2 Å². The van der Waals surface area contributed by atoms with Crippen LogP contribution in [0.5, 0.6) is 0 Å². The van der Waals surface area contributed by atoms with Crippen molar-refractivity contribution in [3.63, 3.8) is 0 Å². The Balaban J connectivity index is 1.49. The molecule has 0 unspecified atom stereocenters. The molecule has 2 heterocycles. The molecular weight excluding hydrogens is 396 g/mol. The summed E-state index contributed by atoms with van der Waals surface area (Å²) in [6.07, 6.45) is 11.2. The van der Waals surface area contributed by atoms with Gasteiger partial charge in [0.2, 0.25) is 0 Å². The van der Waals surface area contributed by atoms with Crippen LogP contribution in [0.1, 0.15) is 81.8 Å². The molecule has 32 heavy (non-hydrogen) atoms. The van der Waals surface area contributed by atoms with Gasteiger partial charge in [-0.3, -0.25) is 4.99 Å². The first kappa shape index (κ1) is 22.6. The second kappa shape index (κ2) is 10.3. The van der Waals surface area contributed by atoms with Gasteiger partial charge in [0.1, 0.15) is 11.6 Å². The third-order valence-electron chi connectivity index (χ3n) is 6.91. The fourth-order valence-electron chi connectivity index (χ4n) is 5.23. The van der Waals surface area contributed by atoms with Gasteiger partial charge in [0.25, 0.3) is 0 Å². The van der Waals surface area contributed by atoms with E-state index in [0.717, 1.165) is 73.9 Å². The highest BCUT2D eigenvalue weighted by molar-refractivity contribution is 5.78. The number of nitrogens with zero attached hydrogens (tertiary/aromatic N) is 4. The van der Waals surface area contributed by atoms with Gasteiger partial charge in [0.15, 0.2) is 0 Å². The Morgan fingerprint density at radius 3 is 2.53 bits per heavy atom. The van der Waals surface area contributed by atoms with E-state index < -0.39 is 0 Å². The SMILES string of the molecule is C/C=N\c1c(N)cc(N2CCCCC2)cc1[C@H]1CC[C@@H](Nc2cc(CC)nc(C)n2)CC1. The first-order valence-electron chi connectivity index (χ1n) is 12.4. The van der Waals surface area contributed by atoms with Crippen molar-refractivity contribution >= 4 is 29.1 Å². The maximum Gasteiger partial charge on any atom is 0.130 e. The fraction of sp³-hybridized carbons (Fsp3) is 0.577. The number of hydrogen-bond donors (Lipinski definition) is 2. The first-order chi connectivity index (χ1) is 15.6. The predicted molar refractivity (Wildman–Crippen MR) is 136 cm³/mol. The van der Waals surface area contributed by atoms with E-state index in [0.29, 0.717) is 12.0 Å². The minimum atomic E-state index is 0.450. The molecule has 1 aliphatic heterocycles. The van der Waals surface area contributed by atoms with Gasteiger partial charge in [-0.2, -0.15) is 0 Å². The summed E-state index contributed by atoms with van der Waals surface area (Å²) >= 11 is 0. The normalized spacial score (nSPS) is 21.8. The van der Waals surface area contributed by atoms with Crippen molar-refractivity contribution in [1.82, 2.24) is 9.97 Å². The largest absolute Gasteiger partial charge is 0.397 e. The Kier molecular flexibility index (Phi) is 7.28. The van der Waals surface area contributed by atoms with Crippen LogP contribution >= 0.6 is 0 Å². The molecular formula is C26H38N6. The van der Waals surface area contributed by atoms with Crippen LogP contribution in [0.2, 0.25) is 0 Å². The van der Waals surface area contributed by atoms with E-state index in [2.05, 4.69) is 50.3 Å². The van der Waals surface area contributed by atoms with E-state index in [1.165, 1.54) is 30.5 Å². The molecule has 1 aromatic carbocycles. The highest BCUT2D eigenvalue weighted by atomic mass is 15.1. The molecule has 0 radical (unpaired) electrons. The number of nitrogens with one attached hydrogen (secondary N) is 1. The molecule has 6 nitrogen and oxygen atoms in total. The summed E-state index contributed by atoms with van der Waals surface area (Å²) in [6, 6.07) is 7.05. The number of aryl methyl sites for hydroxylation is 2. The van der Waals surface area contributed by atoms with Crippen LogP contribution in [-0.2, 0) is 6.42 Å². The van der Waals surface area contributed by atoms with E-state index in [-0.39, 0.29) is 0 Å². The molecule has 1 saturated carbocycles. The summed E-state index contributed by atoms with van der Waals surface area (Å²) in [5, 5.41) is 3.67. The molecule has 6 heteroatoms. The van der Waals surface area contributed by atoms with Crippen molar-refractivity contribution in [2.24, 2.45) is 4.99 Å². The van der Waals surface area contributed by atoms with E-state index in [1.54, 1.807) is 0 Å². The number of piperidine rings is 1. The molecule has 172 valence electrons. The zero-order valence-corrected chi connectivity index (χ0v) is 19.9. The van der Waals surface area contributed by atoms with Gasteiger partial charge < -0.3 is 16.0 Å². The van der Waals surface area contributed by atoms with Gasteiger partial charge in [-0.25, -0.2) is 9.97 Å². The van der Waals surface area contributed by atoms with Gasteiger partial charge in [0, 0.05) is 42.8 Å². The van der Waals surface area contributed by atoms with Crippen LogP contribution in [0.25, 0.3) is 0 Å². The lowest BCUT2D eigenvalue weighted by molar-refractivity contribution is 0.412. The third-order valence-corrected chi connectivity index (χ3v) is 6.91. The molecule has 1 aliphatic carbocycles. The molecule has 1 aromatic heterocycles. The smallest absolute Gasteiger partial charge is 0.130 e. The van der Waals surface area contributed by atoms with Gasteiger partial charge in [-0.05, 0) is 88.8 Å². The summed E-state index contributed by atoms with van der Waals surface area (Å²) in [7, 11) is 0. The van der Waals surface area contributed by atoms with Gasteiger partial charge in [-0.1, -0.05) is 6.92 Å². The Morgan fingerprint density at radius 1 is 1.09 bits per heavy atom. The van der Waals surface area contributed by atoms with Gasteiger partial charge in [0.05, 0.1) is 11.4 Å². The number of hydrogen-bond acceptors (Lipinski definition) is 6. The van der Waals surface area contributed by atoms with Crippen LogP contribution in [-0.4, -0.2) is 35.3 Å². The fourth-order valence-corrected chi connectivity index (χ4v) is 5.23. The molecule has 2 aromatic rings. The van der Waals surface area contributed by atoms with E-state index >= 15 is 0 Å². The van der Waals surface area contributed by atoms with Crippen LogP contribution in [0.3, 0.4) is 0 Å². The zero-order chi connectivity index (χ0) is 22.5. The minimum absolute atomic E-state index is 0.450. The van der Waals surface area contributed by atoms with Crippen molar-refractivity contribution in [1.29, 1.82) is 0 Å². The maximum absolute atomic E-state index is 6.53. The standard InChI is InChI=1S/C26H38N6/c1-4-20-15-25(30-18(3)29-20)31-21-11-9-19(10-12-21)23-16-22(32-13-7-6-8-14-32)17-24(27)26(23)28-5-2/h5,15-17,19,21H,4,6-14,27H2,1-3H3,(H,29,30,31)/b28-5-/t19-,21+. The monoisotopic (exact) mass is 434 g/mol. The van der Waals surface area contributed by atoms with Crippen molar-refractivity contribution < 1.29 is 0 Å². The second-order valence-electron chi connectivity index (χ2n) is 9.25. The van der Waals surface area contributed by atoms with Crippen molar-refractivity contribution in [2.45, 2.75) is 84.1 Å². The summed E-state index contributed by atoms with van der Waals surface area (Å²) in [5.41, 5.74) is 12.0. The number of nitrogen functional groups attached to an aromatic ring is 1. The Labute approximate surface area is 192 Å². The lowest BCUT2D eigenvalue weighted by atomic mass is 9.80. The summed E-state index contributed by atoms with van der Waals surface area (Å²) in [5.74, 6) is 2.30. The number of anilines is 3. The molecule has 2 fully saturated rings. The summed E-state index contributed by atoms with van der Waals surface area (Å²) < 4.78 is 0. The average Bonchev–Trinajstić information content (AvgIpc) is 2.81. The third kappa shape index (κ3) is 5.22. The van der Waals surface area contributed by atoms with Crippen molar-refractivity contribution in [3.8, 4) is 0 Å². The quantitative estimate of drug-likeness (QED) is 0.445. The maximum atomic E-state index is 6.53. The Morgan fingerprint density at radius 2 is 1.84 bits per heavy atom.